The van der Waals surface area contributed by atoms with Crippen LogP contribution in [-0.2, 0) is 0 Å². The molecule has 0 atom stereocenters. The molecule has 1 heterocycles. The van der Waals surface area contributed by atoms with E-state index in [1.165, 1.54) is 6.20 Å². The molecule has 2 aromatic rings. The Labute approximate surface area is 146 Å². The zero-order valence-corrected chi connectivity index (χ0v) is 14.9. The summed E-state index contributed by atoms with van der Waals surface area (Å²) in [5.41, 5.74) is 2.11. The lowest BCUT2D eigenvalue weighted by molar-refractivity contribution is 0.0754. The highest BCUT2D eigenvalue weighted by Crippen LogP contribution is 2.24. The summed E-state index contributed by atoms with van der Waals surface area (Å²) in [4.78, 5) is 30.4. The van der Waals surface area contributed by atoms with Gasteiger partial charge < -0.3 is 10.2 Å². The van der Waals surface area contributed by atoms with E-state index in [1.807, 2.05) is 20.8 Å². The standard InChI is InChI=1S/C18H20ClN3O2/c1-11(2)22(4)18(24)13-7-8-15(19)16(9-13)21-17(23)14-6-5-12(3)20-10-14/h5-11H,1-4H3,(H,21,23). The van der Waals surface area contributed by atoms with Gasteiger partial charge in [0.1, 0.15) is 0 Å². The normalized spacial score (nSPS) is 10.6. The number of carbonyl (C=O) groups is 2. The first-order chi connectivity index (χ1) is 11.3. The average molecular weight is 346 g/mol. The minimum absolute atomic E-state index is 0.0739. The smallest absolute Gasteiger partial charge is 0.257 e. The molecule has 0 radical (unpaired) electrons. The number of aromatic nitrogens is 1. The third-order valence-corrected chi connectivity index (χ3v) is 4.06. The summed E-state index contributed by atoms with van der Waals surface area (Å²) in [6.45, 7) is 5.71. The molecule has 2 amide bonds. The highest BCUT2D eigenvalue weighted by molar-refractivity contribution is 6.34. The van der Waals surface area contributed by atoms with Crippen LogP contribution in [0.15, 0.2) is 36.5 Å². The highest BCUT2D eigenvalue weighted by atomic mass is 35.5. The van der Waals surface area contributed by atoms with Gasteiger partial charge in [0.05, 0.1) is 16.3 Å². The van der Waals surface area contributed by atoms with E-state index < -0.39 is 0 Å². The number of nitrogens with zero attached hydrogens (tertiary/aromatic N) is 2. The molecule has 1 N–H and O–H groups in total. The summed E-state index contributed by atoms with van der Waals surface area (Å²) in [5, 5.41) is 3.10. The van der Waals surface area contributed by atoms with Crippen molar-refractivity contribution in [2.45, 2.75) is 26.8 Å². The van der Waals surface area contributed by atoms with Gasteiger partial charge in [-0.2, -0.15) is 0 Å². The van der Waals surface area contributed by atoms with E-state index in [-0.39, 0.29) is 17.9 Å². The van der Waals surface area contributed by atoms with Gasteiger partial charge >= 0.3 is 0 Å². The van der Waals surface area contributed by atoms with E-state index in [9.17, 15) is 9.59 Å². The molecule has 0 bridgehead atoms. The molecule has 0 aliphatic rings. The number of halogens is 1. The SMILES string of the molecule is Cc1ccc(C(=O)Nc2cc(C(=O)N(C)C(C)C)ccc2Cl)cn1. The first-order valence-corrected chi connectivity index (χ1v) is 7.98. The van der Waals surface area contributed by atoms with Gasteiger partial charge in [0.2, 0.25) is 0 Å². The van der Waals surface area contributed by atoms with Crippen LogP contribution in [0.2, 0.25) is 5.02 Å². The summed E-state index contributed by atoms with van der Waals surface area (Å²) in [6.07, 6.45) is 1.50. The lowest BCUT2D eigenvalue weighted by Gasteiger charge is -2.22. The van der Waals surface area contributed by atoms with Crippen LogP contribution >= 0.6 is 11.6 Å². The summed E-state index contributed by atoms with van der Waals surface area (Å²) in [6, 6.07) is 8.35. The summed E-state index contributed by atoms with van der Waals surface area (Å²) in [5.74, 6) is -0.458. The minimum Gasteiger partial charge on any atom is -0.339 e. The van der Waals surface area contributed by atoms with E-state index in [0.29, 0.717) is 21.8 Å². The number of nitrogens with one attached hydrogen (secondary N) is 1. The van der Waals surface area contributed by atoms with Crippen LogP contribution in [0.5, 0.6) is 0 Å². The molecule has 0 saturated heterocycles. The van der Waals surface area contributed by atoms with Crippen molar-refractivity contribution in [3.63, 3.8) is 0 Å². The van der Waals surface area contributed by atoms with Crippen LogP contribution in [0.4, 0.5) is 5.69 Å². The van der Waals surface area contributed by atoms with Crippen LogP contribution in [0.25, 0.3) is 0 Å². The van der Waals surface area contributed by atoms with Gasteiger partial charge in [0.15, 0.2) is 0 Å². The number of hydrogen-bond donors (Lipinski definition) is 1. The Hall–Kier alpha value is -2.40. The van der Waals surface area contributed by atoms with Crippen LogP contribution in [0.1, 0.15) is 40.3 Å². The molecule has 6 heteroatoms. The lowest BCUT2D eigenvalue weighted by Crippen LogP contribution is -2.33. The average Bonchev–Trinajstić information content (AvgIpc) is 2.55. The number of carbonyl (C=O) groups excluding carboxylic acids is 2. The molecule has 1 aromatic carbocycles. The predicted molar refractivity (Wildman–Crippen MR) is 95.6 cm³/mol. The van der Waals surface area contributed by atoms with Gasteiger partial charge in [-0.25, -0.2) is 0 Å². The second-order valence-electron chi connectivity index (χ2n) is 5.85. The predicted octanol–water partition coefficient (Wildman–Crippen LogP) is 3.78. The largest absolute Gasteiger partial charge is 0.339 e. The fraction of sp³-hybridized carbons (Fsp3) is 0.278. The van der Waals surface area contributed by atoms with Crippen molar-refractivity contribution < 1.29 is 9.59 Å². The molecular formula is C18H20ClN3O2. The first-order valence-electron chi connectivity index (χ1n) is 7.60. The number of aryl methyl sites for hydroxylation is 1. The molecule has 5 nitrogen and oxygen atoms in total. The Kier molecular flexibility index (Phi) is 5.57. The molecule has 0 aliphatic carbocycles. The number of pyridine rings is 1. The fourth-order valence-electron chi connectivity index (χ4n) is 1.99. The molecule has 0 fully saturated rings. The minimum atomic E-state index is -0.328. The van der Waals surface area contributed by atoms with Crippen LogP contribution in [-0.4, -0.2) is 34.8 Å². The maximum absolute atomic E-state index is 12.4. The fourth-order valence-corrected chi connectivity index (χ4v) is 2.15. The molecule has 0 spiro atoms. The van der Waals surface area contributed by atoms with Gasteiger partial charge in [0, 0.05) is 30.5 Å². The Morgan fingerprint density at radius 3 is 2.42 bits per heavy atom. The van der Waals surface area contributed by atoms with Crippen molar-refractivity contribution in [3.05, 3.63) is 58.4 Å². The zero-order valence-electron chi connectivity index (χ0n) is 14.1. The van der Waals surface area contributed by atoms with Gasteiger partial charge in [-0.1, -0.05) is 11.6 Å². The highest BCUT2D eigenvalue weighted by Gasteiger charge is 2.17. The Bertz CT molecular complexity index is 757. The number of rotatable bonds is 4. The van der Waals surface area contributed by atoms with Crippen molar-refractivity contribution in [1.29, 1.82) is 0 Å². The zero-order chi connectivity index (χ0) is 17.9. The summed E-state index contributed by atoms with van der Waals surface area (Å²) < 4.78 is 0. The van der Waals surface area contributed by atoms with Crippen molar-refractivity contribution in [2.75, 3.05) is 12.4 Å². The van der Waals surface area contributed by atoms with E-state index in [4.69, 9.17) is 11.6 Å². The van der Waals surface area contributed by atoms with Crippen LogP contribution in [0, 0.1) is 6.92 Å². The first kappa shape index (κ1) is 17.9. The van der Waals surface area contributed by atoms with Crippen LogP contribution in [0.3, 0.4) is 0 Å². The molecular weight excluding hydrogens is 326 g/mol. The molecule has 24 heavy (non-hydrogen) atoms. The maximum Gasteiger partial charge on any atom is 0.257 e. The molecule has 0 unspecified atom stereocenters. The van der Waals surface area contributed by atoms with E-state index in [2.05, 4.69) is 10.3 Å². The second-order valence-corrected chi connectivity index (χ2v) is 6.25. The summed E-state index contributed by atoms with van der Waals surface area (Å²) >= 11 is 6.14. The number of anilines is 1. The van der Waals surface area contributed by atoms with E-state index >= 15 is 0 Å². The van der Waals surface area contributed by atoms with Gasteiger partial charge in [-0.3, -0.25) is 14.6 Å². The molecule has 0 aliphatic heterocycles. The lowest BCUT2D eigenvalue weighted by atomic mass is 10.1. The third kappa shape index (κ3) is 4.11. The molecule has 126 valence electrons. The quantitative estimate of drug-likeness (QED) is 0.917. The van der Waals surface area contributed by atoms with Crippen molar-refractivity contribution in [2.24, 2.45) is 0 Å². The van der Waals surface area contributed by atoms with Gasteiger partial charge in [-0.15, -0.1) is 0 Å². The van der Waals surface area contributed by atoms with Gasteiger partial charge in [0.25, 0.3) is 11.8 Å². The number of hydrogen-bond acceptors (Lipinski definition) is 3. The monoisotopic (exact) mass is 345 g/mol. The van der Waals surface area contributed by atoms with Crippen molar-refractivity contribution in [3.8, 4) is 0 Å². The van der Waals surface area contributed by atoms with Crippen molar-refractivity contribution in [1.82, 2.24) is 9.88 Å². The third-order valence-electron chi connectivity index (χ3n) is 3.73. The number of benzene rings is 1. The Morgan fingerprint density at radius 1 is 1.17 bits per heavy atom. The summed E-state index contributed by atoms with van der Waals surface area (Å²) in [7, 11) is 1.73. The topological polar surface area (TPSA) is 62.3 Å². The second kappa shape index (κ2) is 7.45. The molecule has 1 aromatic heterocycles. The van der Waals surface area contributed by atoms with E-state index in [0.717, 1.165) is 5.69 Å². The number of amides is 2. The van der Waals surface area contributed by atoms with Crippen molar-refractivity contribution >= 4 is 29.1 Å². The van der Waals surface area contributed by atoms with Gasteiger partial charge in [-0.05, 0) is 51.1 Å². The Balaban J connectivity index is 2.24. The van der Waals surface area contributed by atoms with Crippen LogP contribution < -0.4 is 5.32 Å². The van der Waals surface area contributed by atoms with E-state index in [1.54, 1.807) is 42.3 Å². The molecule has 0 saturated carbocycles. The molecule has 2 rings (SSSR count). The maximum atomic E-state index is 12.4. The Morgan fingerprint density at radius 2 is 1.83 bits per heavy atom.